The van der Waals surface area contributed by atoms with Gasteiger partial charge in [-0.2, -0.15) is 0 Å². The number of amides is 2. The van der Waals surface area contributed by atoms with Crippen molar-refractivity contribution >= 4 is 23.4 Å². The molecule has 1 aliphatic rings. The summed E-state index contributed by atoms with van der Waals surface area (Å²) in [7, 11) is 1.60. The number of carbonyl (C=O) groups excluding carboxylic acids is 2. The first-order valence-corrected chi connectivity index (χ1v) is 10.5. The molecule has 0 bridgehead atoms. The minimum absolute atomic E-state index is 0.00950. The number of aryl methyl sites for hydroxylation is 1. The van der Waals surface area contributed by atoms with Crippen LogP contribution in [0.15, 0.2) is 42.5 Å². The Morgan fingerprint density at radius 3 is 2.50 bits per heavy atom. The van der Waals surface area contributed by atoms with E-state index < -0.39 is 0 Å². The van der Waals surface area contributed by atoms with Crippen molar-refractivity contribution in [1.29, 1.82) is 0 Å². The molecule has 3 rings (SSSR count). The third-order valence-corrected chi connectivity index (χ3v) is 5.78. The lowest BCUT2D eigenvalue weighted by Crippen LogP contribution is -2.51. The highest BCUT2D eigenvalue weighted by Gasteiger charge is 2.24. The molecule has 0 aliphatic carbocycles. The number of hydrogen-bond acceptors (Lipinski definition) is 4. The maximum atomic E-state index is 12.8. The lowest BCUT2D eigenvalue weighted by atomic mass is 10.1. The van der Waals surface area contributed by atoms with Crippen molar-refractivity contribution in [2.24, 2.45) is 0 Å². The van der Waals surface area contributed by atoms with Gasteiger partial charge in [0.15, 0.2) is 0 Å². The second-order valence-electron chi connectivity index (χ2n) is 7.56. The Labute approximate surface area is 182 Å². The maximum absolute atomic E-state index is 12.8. The van der Waals surface area contributed by atoms with Gasteiger partial charge in [-0.05, 0) is 43.2 Å². The fraction of sp³-hybridized carbons (Fsp3) is 0.391. The molecule has 0 spiro atoms. The first-order chi connectivity index (χ1) is 14.4. The Morgan fingerprint density at radius 1 is 1.13 bits per heavy atom. The van der Waals surface area contributed by atoms with Gasteiger partial charge in [-0.25, -0.2) is 0 Å². The molecule has 1 fully saturated rings. The molecule has 2 amide bonds. The summed E-state index contributed by atoms with van der Waals surface area (Å²) in [5.74, 6) is 0.652. The zero-order valence-electron chi connectivity index (χ0n) is 17.7. The summed E-state index contributed by atoms with van der Waals surface area (Å²) in [6.07, 6.45) is 0. The third kappa shape index (κ3) is 5.32. The molecule has 1 saturated heterocycles. The van der Waals surface area contributed by atoms with Crippen LogP contribution in [0.1, 0.15) is 34.5 Å². The molecular weight excluding hydrogens is 402 g/mol. The molecule has 2 aromatic carbocycles. The second kappa shape index (κ2) is 9.96. The van der Waals surface area contributed by atoms with E-state index in [1.54, 1.807) is 13.2 Å². The number of rotatable bonds is 6. The fourth-order valence-corrected chi connectivity index (χ4v) is 3.94. The van der Waals surface area contributed by atoms with Crippen LogP contribution in [-0.4, -0.2) is 61.4 Å². The molecule has 0 aromatic heterocycles. The zero-order valence-corrected chi connectivity index (χ0v) is 18.4. The van der Waals surface area contributed by atoms with Gasteiger partial charge in [0.25, 0.3) is 5.91 Å². The van der Waals surface area contributed by atoms with Crippen LogP contribution in [-0.2, 0) is 4.79 Å². The summed E-state index contributed by atoms with van der Waals surface area (Å²) in [5.41, 5.74) is 2.52. The molecule has 2 aromatic rings. The van der Waals surface area contributed by atoms with Crippen molar-refractivity contribution in [1.82, 2.24) is 15.1 Å². The fourth-order valence-electron chi connectivity index (χ4n) is 3.64. The molecule has 0 radical (unpaired) electrons. The summed E-state index contributed by atoms with van der Waals surface area (Å²) in [5, 5.41) is 3.65. The molecule has 160 valence electrons. The van der Waals surface area contributed by atoms with Crippen LogP contribution in [0.4, 0.5) is 0 Å². The number of benzene rings is 2. The molecule has 1 atom stereocenters. The number of nitrogens with zero attached hydrogens (tertiary/aromatic N) is 2. The second-order valence-corrected chi connectivity index (χ2v) is 7.97. The first-order valence-electron chi connectivity index (χ1n) is 10.1. The Balaban J connectivity index is 1.50. The van der Waals surface area contributed by atoms with Crippen LogP contribution in [0.25, 0.3) is 0 Å². The van der Waals surface area contributed by atoms with Gasteiger partial charge in [0.1, 0.15) is 5.75 Å². The van der Waals surface area contributed by atoms with Crippen LogP contribution >= 0.6 is 11.6 Å². The molecule has 30 heavy (non-hydrogen) atoms. The number of hydrogen-bond donors (Lipinski definition) is 1. The van der Waals surface area contributed by atoms with Gasteiger partial charge >= 0.3 is 0 Å². The number of methoxy groups -OCH3 is 1. The van der Waals surface area contributed by atoms with Crippen molar-refractivity contribution in [2.45, 2.75) is 19.9 Å². The van der Waals surface area contributed by atoms with Crippen LogP contribution in [0.2, 0.25) is 5.02 Å². The summed E-state index contributed by atoms with van der Waals surface area (Å²) in [6.45, 7) is 6.65. The van der Waals surface area contributed by atoms with Crippen molar-refractivity contribution in [3.05, 3.63) is 64.2 Å². The lowest BCUT2D eigenvalue weighted by molar-refractivity contribution is -0.123. The smallest absolute Gasteiger partial charge is 0.254 e. The number of piperazine rings is 1. The average Bonchev–Trinajstić information content (AvgIpc) is 2.74. The maximum Gasteiger partial charge on any atom is 0.254 e. The van der Waals surface area contributed by atoms with Gasteiger partial charge in [0.2, 0.25) is 5.91 Å². The molecule has 7 heteroatoms. The zero-order chi connectivity index (χ0) is 21.7. The average molecular weight is 430 g/mol. The monoisotopic (exact) mass is 429 g/mol. The predicted octanol–water partition coefficient (Wildman–Crippen LogP) is 3.29. The van der Waals surface area contributed by atoms with Crippen molar-refractivity contribution in [3.8, 4) is 5.75 Å². The van der Waals surface area contributed by atoms with E-state index in [0.717, 1.165) is 11.1 Å². The summed E-state index contributed by atoms with van der Waals surface area (Å²) < 4.78 is 5.32. The molecule has 1 N–H and O–H groups in total. The highest BCUT2D eigenvalue weighted by molar-refractivity contribution is 6.31. The van der Waals surface area contributed by atoms with Crippen molar-refractivity contribution in [3.63, 3.8) is 0 Å². The largest absolute Gasteiger partial charge is 0.496 e. The van der Waals surface area contributed by atoms with Crippen LogP contribution < -0.4 is 10.1 Å². The molecular formula is C23H28ClN3O3. The van der Waals surface area contributed by atoms with E-state index in [2.05, 4.69) is 10.2 Å². The van der Waals surface area contributed by atoms with Crippen LogP contribution in [0, 0.1) is 6.92 Å². The number of nitrogens with one attached hydrogen (secondary N) is 1. The topological polar surface area (TPSA) is 61.9 Å². The third-order valence-electron chi connectivity index (χ3n) is 5.43. The van der Waals surface area contributed by atoms with Gasteiger partial charge in [-0.15, -0.1) is 0 Å². The minimum atomic E-state index is -0.161. The number of carbonyl (C=O) groups is 2. The number of halogens is 1. The minimum Gasteiger partial charge on any atom is -0.496 e. The van der Waals surface area contributed by atoms with Gasteiger partial charge in [-0.1, -0.05) is 35.9 Å². The summed E-state index contributed by atoms with van der Waals surface area (Å²) in [4.78, 5) is 29.1. The van der Waals surface area contributed by atoms with E-state index in [-0.39, 0.29) is 17.9 Å². The molecule has 0 saturated carbocycles. The van der Waals surface area contributed by atoms with Crippen molar-refractivity contribution in [2.75, 3.05) is 39.8 Å². The van der Waals surface area contributed by atoms with Crippen molar-refractivity contribution < 1.29 is 14.3 Å². The van der Waals surface area contributed by atoms with E-state index in [1.165, 1.54) is 0 Å². The van der Waals surface area contributed by atoms with Crippen LogP contribution in [0.3, 0.4) is 0 Å². The van der Waals surface area contributed by atoms with E-state index in [4.69, 9.17) is 16.3 Å². The van der Waals surface area contributed by atoms with E-state index >= 15 is 0 Å². The normalized spacial score (nSPS) is 15.5. The lowest BCUT2D eigenvalue weighted by Gasteiger charge is -2.34. The highest BCUT2D eigenvalue weighted by Crippen LogP contribution is 2.22. The predicted molar refractivity (Wildman–Crippen MR) is 118 cm³/mol. The quantitative estimate of drug-likeness (QED) is 0.765. The highest BCUT2D eigenvalue weighted by atomic mass is 35.5. The Bertz CT molecular complexity index is 910. The molecule has 6 nitrogen and oxygen atoms in total. The Morgan fingerprint density at radius 2 is 1.83 bits per heavy atom. The summed E-state index contributed by atoms with van der Waals surface area (Å²) in [6, 6.07) is 12.9. The van der Waals surface area contributed by atoms with Gasteiger partial charge in [0, 0.05) is 36.8 Å². The Kier molecular flexibility index (Phi) is 7.34. The SMILES string of the molecule is COc1cc(C(=O)N2CCN(CC(=O)NC(C)c3ccccc3Cl)CC2)ccc1C. The summed E-state index contributed by atoms with van der Waals surface area (Å²) >= 11 is 6.21. The van der Waals surface area contributed by atoms with Gasteiger partial charge < -0.3 is 15.0 Å². The van der Waals surface area contributed by atoms with Crippen LogP contribution in [0.5, 0.6) is 5.75 Å². The molecule has 1 aliphatic heterocycles. The Hall–Kier alpha value is -2.57. The van der Waals surface area contributed by atoms with Gasteiger partial charge in [-0.3, -0.25) is 14.5 Å². The van der Waals surface area contributed by atoms with Gasteiger partial charge in [0.05, 0.1) is 19.7 Å². The molecule has 1 unspecified atom stereocenters. The van der Waals surface area contributed by atoms with E-state index in [9.17, 15) is 9.59 Å². The first kappa shape index (κ1) is 22.1. The number of ether oxygens (including phenoxy) is 1. The molecule has 1 heterocycles. The van der Waals surface area contributed by atoms with E-state index in [1.807, 2.05) is 55.1 Å². The standard InChI is InChI=1S/C23H28ClN3O3/c1-16-8-9-18(14-21(16)30-3)23(29)27-12-10-26(11-13-27)15-22(28)25-17(2)19-6-4-5-7-20(19)24/h4-9,14,17H,10-13,15H2,1-3H3,(H,25,28). The van der Waals surface area contributed by atoms with E-state index in [0.29, 0.717) is 49.1 Å².